The standard InChI is InChI=1S/C71H54N2O4/c1-41-64-56-37-43-31-33-49(73(47-20-12-9-13-21-47)60-29-17-25-53-51-23-15-27-58(71(5,6)7)67(51)77-69(53)60)35-45(43)39-62(56)74-63(64)40-55-54-36-42-30-32-48(34-44(42)38-61(54)75-65(41)55)72(46-18-10-8-11-19-46)59-28-16-24-52-50-22-14-26-57(70(2,3)4)66(50)76-68(52)59/h8-40H,1-7H3. The summed E-state index contributed by atoms with van der Waals surface area (Å²) in [4.78, 5) is 4.61. The van der Waals surface area contributed by atoms with E-state index in [2.05, 4.69) is 258 Å². The first kappa shape index (κ1) is 45.2. The summed E-state index contributed by atoms with van der Waals surface area (Å²) < 4.78 is 27.7. The second-order valence-corrected chi connectivity index (χ2v) is 22.9. The van der Waals surface area contributed by atoms with Crippen LogP contribution in [0.1, 0.15) is 58.2 Å². The molecule has 0 unspecified atom stereocenters. The van der Waals surface area contributed by atoms with E-state index in [-0.39, 0.29) is 10.8 Å². The Balaban J connectivity index is 0.838. The van der Waals surface area contributed by atoms with Crippen molar-refractivity contribution in [1.82, 2.24) is 0 Å². The normalized spacial score (nSPS) is 12.6. The average molecular weight is 999 g/mol. The molecular formula is C71H54N2O4. The molecule has 0 N–H and O–H groups in total. The predicted molar refractivity (Wildman–Crippen MR) is 322 cm³/mol. The van der Waals surface area contributed by atoms with E-state index in [1.807, 2.05) is 0 Å². The van der Waals surface area contributed by atoms with Gasteiger partial charge in [-0.3, -0.25) is 0 Å². The van der Waals surface area contributed by atoms with Crippen molar-refractivity contribution < 1.29 is 17.7 Å². The quantitative estimate of drug-likeness (QED) is 0.165. The van der Waals surface area contributed by atoms with Gasteiger partial charge in [0.15, 0.2) is 11.2 Å². The molecule has 4 heterocycles. The van der Waals surface area contributed by atoms with E-state index in [1.54, 1.807) is 0 Å². The lowest BCUT2D eigenvalue weighted by atomic mass is 9.86. The summed E-state index contributed by atoms with van der Waals surface area (Å²) >= 11 is 0. The smallest absolute Gasteiger partial charge is 0.159 e. The molecule has 0 aliphatic rings. The lowest BCUT2D eigenvalue weighted by Gasteiger charge is -2.25. The number of nitrogens with zero attached hydrogens (tertiary/aromatic N) is 2. The Hall–Kier alpha value is -9.26. The van der Waals surface area contributed by atoms with Crippen molar-refractivity contribution in [3.63, 3.8) is 0 Å². The van der Waals surface area contributed by atoms with Crippen molar-refractivity contribution in [3.8, 4) is 0 Å². The van der Waals surface area contributed by atoms with Gasteiger partial charge in [-0.2, -0.15) is 0 Å². The Kier molecular flexibility index (Phi) is 9.60. The van der Waals surface area contributed by atoms with Gasteiger partial charge in [0.05, 0.1) is 11.4 Å². The average Bonchev–Trinajstić information content (AvgIpc) is 4.40. The van der Waals surface area contributed by atoms with E-state index in [0.29, 0.717) is 0 Å². The van der Waals surface area contributed by atoms with Crippen LogP contribution >= 0.6 is 0 Å². The van der Waals surface area contributed by atoms with Crippen molar-refractivity contribution in [3.05, 3.63) is 217 Å². The minimum Gasteiger partial charge on any atom is -0.456 e. The van der Waals surface area contributed by atoms with Gasteiger partial charge in [-0.15, -0.1) is 0 Å². The highest BCUT2D eigenvalue weighted by molar-refractivity contribution is 6.21. The van der Waals surface area contributed by atoms with E-state index < -0.39 is 0 Å². The highest BCUT2D eigenvalue weighted by Gasteiger charge is 2.27. The number of hydrogen-bond acceptors (Lipinski definition) is 6. The minimum absolute atomic E-state index is 0.0802. The molecule has 77 heavy (non-hydrogen) atoms. The number of aryl methyl sites for hydroxylation is 1. The summed E-state index contributed by atoms with van der Waals surface area (Å²) in [6.07, 6.45) is 0. The summed E-state index contributed by atoms with van der Waals surface area (Å²) in [5, 5.41) is 13.1. The van der Waals surface area contributed by atoms with Crippen molar-refractivity contribution in [2.45, 2.75) is 59.3 Å². The molecule has 6 nitrogen and oxygen atoms in total. The minimum atomic E-state index is -0.0802. The first-order valence-electron chi connectivity index (χ1n) is 26.6. The predicted octanol–water partition coefficient (Wildman–Crippen LogP) is 21.4. The van der Waals surface area contributed by atoms with Crippen LogP contribution in [0.4, 0.5) is 34.1 Å². The van der Waals surface area contributed by atoms with Crippen LogP contribution in [-0.4, -0.2) is 0 Å². The molecule has 0 saturated carbocycles. The second kappa shape index (κ2) is 16.4. The van der Waals surface area contributed by atoms with Crippen molar-refractivity contribution >= 4 is 143 Å². The Bertz CT molecular complexity index is 4710. The molecule has 0 aliphatic heterocycles. The zero-order valence-corrected chi connectivity index (χ0v) is 44.1. The van der Waals surface area contributed by atoms with Gasteiger partial charge in [-0.05, 0) is 130 Å². The number of hydrogen-bond donors (Lipinski definition) is 0. The third kappa shape index (κ3) is 6.94. The maximum Gasteiger partial charge on any atom is 0.159 e. The number of benzene rings is 11. The van der Waals surface area contributed by atoms with Crippen LogP contribution < -0.4 is 9.80 Å². The van der Waals surface area contributed by atoms with E-state index >= 15 is 0 Å². The van der Waals surface area contributed by atoms with Crippen LogP contribution in [0.15, 0.2) is 218 Å². The summed E-state index contributed by atoms with van der Waals surface area (Å²) in [7, 11) is 0. The van der Waals surface area contributed by atoms with Gasteiger partial charge in [-0.25, -0.2) is 0 Å². The number of fused-ring (bicyclic) bond motifs is 14. The Labute approximate surface area is 444 Å². The zero-order chi connectivity index (χ0) is 52.1. The van der Waals surface area contributed by atoms with Crippen LogP contribution in [0.5, 0.6) is 0 Å². The molecule has 4 aromatic heterocycles. The molecule has 15 aromatic rings. The monoisotopic (exact) mass is 998 g/mol. The molecule has 0 spiro atoms. The molecule has 0 amide bonds. The van der Waals surface area contributed by atoms with E-state index in [1.165, 1.54) is 11.1 Å². The Morgan fingerprint density at radius 3 is 1.25 bits per heavy atom. The van der Waals surface area contributed by atoms with Gasteiger partial charge in [0.2, 0.25) is 0 Å². The SMILES string of the molecule is Cc1c2oc3cc4cc(N(c5ccccc5)c5cccc6c5oc5c(C(C)(C)C)cccc56)ccc4cc3c2cc2oc3cc4cc(N(c5ccccc5)c5cccc6c5oc5c(C(C)(C)C)cccc56)ccc4cc3c12. The van der Waals surface area contributed by atoms with Gasteiger partial charge in [-0.1, -0.05) is 151 Å². The molecule has 372 valence electrons. The van der Waals surface area contributed by atoms with Crippen LogP contribution in [0, 0.1) is 6.92 Å². The van der Waals surface area contributed by atoms with E-state index in [0.717, 1.165) is 149 Å². The maximum absolute atomic E-state index is 6.93. The molecule has 0 bridgehead atoms. The first-order chi connectivity index (χ1) is 37.3. The largest absolute Gasteiger partial charge is 0.456 e. The van der Waals surface area contributed by atoms with Crippen molar-refractivity contribution in [2.75, 3.05) is 9.80 Å². The molecule has 0 saturated heterocycles. The van der Waals surface area contributed by atoms with Crippen LogP contribution in [0.2, 0.25) is 0 Å². The molecular weight excluding hydrogens is 945 g/mol. The highest BCUT2D eigenvalue weighted by atomic mass is 16.3. The van der Waals surface area contributed by atoms with Gasteiger partial charge in [0.1, 0.15) is 33.5 Å². The third-order valence-electron chi connectivity index (χ3n) is 16.0. The summed E-state index contributed by atoms with van der Waals surface area (Å²) in [5.74, 6) is 0. The third-order valence-corrected chi connectivity index (χ3v) is 16.0. The van der Waals surface area contributed by atoms with Crippen molar-refractivity contribution in [1.29, 1.82) is 0 Å². The summed E-state index contributed by atoms with van der Waals surface area (Å²) in [5.41, 5.74) is 16.3. The zero-order valence-electron chi connectivity index (χ0n) is 44.1. The molecule has 0 radical (unpaired) electrons. The van der Waals surface area contributed by atoms with Crippen LogP contribution in [0.25, 0.3) is 109 Å². The van der Waals surface area contributed by atoms with E-state index in [9.17, 15) is 0 Å². The summed E-state index contributed by atoms with van der Waals surface area (Å²) in [6.45, 7) is 15.6. The molecule has 15 rings (SSSR count). The first-order valence-corrected chi connectivity index (χ1v) is 26.6. The fraction of sp³-hybridized carbons (Fsp3) is 0.127. The van der Waals surface area contributed by atoms with E-state index in [4.69, 9.17) is 17.7 Å². The molecule has 11 aromatic carbocycles. The molecule has 0 fully saturated rings. The molecule has 0 atom stereocenters. The van der Waals surface area contributed by atoms with Crippen LogP contribution in [-0.2, 0) is 10.8 Å². The number of furan rings is 4. The Morgan fingerprint density at radius 1 is 0.299 bits per heavy atom. The lowest BCUT2D eigenvalue weighted by Crippen LogP contribution is -2.11. The second-order valence-electron chi connectivity index (χ2n) is 22.9. The molecule has 6 heteroatoms. The highest BCUT2D eigenvalue weighted by Crippen LogP contribution is 2.48. The fourth-order valence-corrected chi connectivity index (χ4v) is 12.3. The maximum atomic E-state index is 6.93. The Morgan fingerprint density at radius 2 is 0.753 bits per heavy atom. The van der Waals surface area contributed by atoms with Gasteiger partial charge >= 0.3 is 0 Å². The van der Waals surface area contributed by atoms with Crippen molar-refractivity contribution in [2.24, 2.45) is 0 Å². The van der Waals surface area contributed by atoms with Gasteiger partial charge in [0, 0.05) is 82.5 Å². The number of anilines is 6. The number of para-hydroxylation sites is 6. The van der Waals surface area contributed by atoms with Crippen LogP contribution in [0.3, 0.4) is 0 Å². The fourth-order valence-electron chi connectivity index (χ4n) is 12.3. The number of rotatable bonds is 6. The summed E-state index contributed by atoms with van der Waals surface area (Å²) in [6, 6.07) is 71.6. The van der Waals surface area contributed by atoms with Gasteiger partial charge in [0.25, 0.3) is 0 Å². The van der Waals surface area contributed by atoms with Gasteiger partial charge < -0.3 is 27.5 Å². The topological polar surface area (TPSA) is 59.0 Å². The molecule has 0 aliphatic carbocycles. The lowest BCUT2D eigenvalue weighted by molar-refractivity contribution is 0.572.